The molecule has 3 atom stereocenters. The highest BCUT2D eigenvalue weighted by atomic mass is 16.4. The molecule has 1 aliphatic carbocycles. The molecule has 0 bridgehead atoms. The Morgan fingerprint density at radius 3 is 2.16 bits per heavy atom. The van der Waals surface area contributed by atoms with Crippen LogP contribution >= 0.6 is 0 Å². The number of aliphatic carboxylic acids is 1. The van der Waals surface area contributed by atoms with Gasteiger partial charge in [-0.1, -0.05) is 26.0 Å². The SMILES string of the molecule is CC(C)C(NC(=O)[C@@H]1CC=CC[C@@H]1C(=O)O)C(N)=O. The highest BCUT2D eigenvalue weighted by Crippen LogP contribution is 2.26. The maximum absolute atomic E-state index is 12.1. The van der Waals surface area contributed by atoms with Crippen molar-refractivity contribution in [2.24, 2.45) is 23.5 Å². The summed E-state index contributed by atoms with van der Waals surface area (Å²) in [6.45, 7) is 3.54. The topological polar surface area (TPSA) is 109 Å². The van der Waals surface area contributed by atoms with Gasteiger partial charge in [0.05, 0.1) is 11.8 Å². The van der Waals surface area contributed by atoms with Crippen LogP contribution in [0.1, 0.15) is 26.7 Å². The van der Waals surface area contributed by atoms with E-state index in [-0.39, 0.29) is 5.92 Å². The molecule has 0 aromatic carbocycles. The number of hydrogen-bond donors (Lipinski definition) is 3. The first-order chi connectivity index (χ1) is 8.84. The Hall–Kier alpha value is -1.85. The molecular formula is C13H20N2O4. The van der Waals surface area contributed by atoms with Gasteiger partial charge in [0, 0.05) is 0 Å². The zero-order valence-corrected chi connectivity index (χ0v) is 11.1. The van der Waals surface area contributed by atoms with Crippen LogP contribution in [0, 0.1) is 17.8 Å². The van der Waals surface area contributed by atoms with E-state index < -0.39 is 35.7 Å². The number of carbonyl (C=O) groups is 3. The number of nitrogens with one attached hydrogen (secondary N) is 1. The molecule has 0 heterocycles. The fourth-order valence-electron chi connectivity index (χ4n) is 2.20. The fraction of sp³-hybridized carbons (Fsp3) is 0.615. The van der Waals surface area contributed by atoms with E-state index in [9.17, 15) is 14.4 Å². The van der Waals surface area contributed by atoms with Crippen molar-refractivity contribution in [3.05, 3.63) is 12.2 Å². The highest BCUT2D eigenvalue weighted by molar-refractivity contribution is 5.90. The molecule has 0 saturated heterocycles. The minimum absolute atomic E-state index is 0.135. The standard InChI is InChI=1S/C13H20N2O4/c1-7(2)10(11(14)16)15-12(17)8-5-3-4-6-9(8)13(18)19/h3-4,7-10H,5-6H2,1-2H3,(H2,14,16)(H,15,17)(H,18,19)/t8-,9+,10?/m1/s1. The number of nitrogens with two attached hydrogens (primary N) is 1. The van der Waals surface area contributed by atoms with Crippen molar-refractivity contribution in [1.29, 1.82) is 0 Å². The van der Waals surface area contributed by atoms with Gasteiger partial charge in [0.15, 0.2) is 0 Å². The second kappa shape index (κ2) is 6.36. The molecule has 6 nitrogen and oxygen atoms in total. The number of carbonyl (C=O) groups excluding carboxylic acids is 2. The minimum atomic E-state index is -0.996. The van der Waals surface area contributed by atoms with E-state index in [1.165, 1.54) is 0 Å². The number of carboxylic acids is 1. The summed E-state index contributed by atoms with van der Waals surface area (Å²) in [5.74, 6) is -3.56. The second-order valence-electron chi connectivity index (χ2n) is 5.13. The molecule has 0 radical (unpaired) electrons. The van der Waals surface area contributed by atoms with Gasteiger partial charge in [-0.3, -0.25) is 14.4 Å². The molecule has 19 heavy (non-hydrogen) atoms. The Balaban J connectivity index is 2.78. The Bertz CT molecular complexity index is 403. The van der Waals surface area contributed by atoms with Crippen LogP contribution in [0.4, 0.5) is 0 Å². The summed E-state index contributed by atoms with van der Waals surface area (Å²) in [5, 5.41) is 11.7. The van der Waals surface area contributed by atoms with Crippen molar-refractivity contribution in [1.82, 2.24) is 5.32 Å². The number of carboxylic acid groups (broad SMARTS) is 1. The molecule has 0 fully saturated rings. The normalized spacial score (nSPS) is 23.9. The van der Waals surface area contributed by atoms with Gasteiger partial charge in [0.25, 0.3) is 0 Å². The molecule has 6 heteroatoms. The van der Waals surface area contributed by atoms with Gasteiger partial charge in [-0.15, -0.1) is 0 Å². The lowest BCUT2D eigenvalue weighted by molar-refractivity contribution is -0.147. The molecule has 1 rings (SSSR count). The lowest BCUT2D eigenvalue weighted by atomic mass is 9.82. The maximum Gasteiger partial charge on any atom is 0.307 e. The summed E-state index contributed by atoms with van der Waals surface area (Å²) in [4.78, 5) is 34.5. The Morgan fingerprint density at radius 2 is 1.74 bits per heavy atom. The molecule has 0 saturated carbocycles. The Labute approximate surface area is 112 Å². The summed E-state index contributed by atoms with van der Waals surface area (Å²) in [7, 11) is 0. The first-order valence-corrected chi connectivity index (χ1v) is 6.32. The average molecular weight is 268 g/mol. The summed E-state index contributed by atoms with van der Waals surface area (Å²) in [5.41, 5.74) is 5.23. The molecule has 0 spiro atoms. The number of amides is 2. The van der Waals surface area contributed by atoms with Gasteiger partial charge in [-0.2, -0.15) is 0 Å². The van der Waals surface area contributed by atoms with Crippen molar-refractivity contribution >= 4 is 17.8 Å². The van der Waals surface area contributed by atoms with Gasteiger partial charge < -0.3 is 16.2 Å². The van der Waals surface area contributed by atoms with E-state index >= 15 is 0 Å². The van der Waals surface area contributed by atoms with Crippen LogP contribution in [0.5, 0.6) is 0 Å². The van der Waals surface area contributed by atoms with Crippen molar-refractivity contribution in [2.45, 2.75) is 32.7 Å². The molecule has 0 aliphatic heterocycles. The third-order valence-electron chi connectivity index (χ3n) is 3.36. The fourth-order valence-corrected chi connectivity index (χ4v) is 2.20. The predicted molar refractivity (Wildman–Crippen MR) is 69.0 cm³/mol. The number of hydrogen-bond acceptors (Lipinski definition) is 3. The molecular weight excluding hydrogens is 248 g/mol. The smallest absolute Gasteiger partial charge is 0.307 e. The van der Waals surface area contributed by atoms with Gasteiger partial charge in [0.2, 0.25) is 11.8 Å². The van der Waals surface area contributed by atoms with E-state index in [2.05, 4.69) is 5.32 Å². The summed E-state index contributed by atoms with van der Waals surface area (Å²) in [6, 6.07) is -0.771. The van der Waals surface area contributed by atoms with Crippen LogP contribution < -0.4 is 11.1 Å². The lowest BCUT2D eigenvalue weighted by Crippen LogP contribution is -2.51. The molecule has 4 N–H and O–H groups in total. The van der Waals surface area contributed by atoms with E-state index in [0.717, 1.165) is 0 Å². The minimum Gasteiger partial charge on any atom is -0.481 e. The number of allylic oxidation sites excluding steroid dienone is 2. The predicted octanol–water partition coefficient (Wildman–Crippen LogP) is 0.280. The highest BCUT2D eigenvalue weighted by Gasteiger charge is 2.35. The summed E-state index contributed by atoms with van der Waals surface area (Å²) in [6.07, 6.45) is 4.25. The maximum atomic E-state index is 12.1. The molecule has 1 unspecified atom stereocenters. The molecule has 0 aromatic rings. The Kier molecular flexibility index (Phi) is 5.09. The lowest BCUT2D eigenvalue weighted by Gasteiger charge is -2.27. The van der Waals surface area contributed by atoms with E-state index in [4.69, 9.17) is 10.8 Å². The molecule has 2 amide bonds. The van der Waals surface area contributed by atoms with Crippen molar-refractivity contribution in [2.75, 3.05) is 0 Å². The first-order valence-electron chi connectivity index (χ1n) is 6.32. The van der Waals surface area contributed by atoms with Crippen LogP contribution in [0.3, 0.4) is 0 Å². The zero-order chi connectivity index (χ0) is 14.6. The van der Waals surface area contributed by atoms with Crippen LogP contribution in [-0.4, -0.2) is 28.9 Å². The van der Waals surface area contributed by atoms with E-state index in [0.29, 0.717) is 12.8 Å². The molecule has 1 aliphatic rings. The third-order valence-corrected chi connectivity index (χ3v) is 3.36. The van der Waals surface area contributed by atoms with Crippen LogP contribution in [0.15, 0.2) is 12.2 Å². The largest absolute Gasteiger partial charge is 0.481 e. The molecule has 0 aromatic heterocycles. The monoisotopic (exact) mass is 268 g/mol. The number of primary amides is 1. The number of rotatable bonds is 5. The van der Waals surface area contributed by atoms with Crippen LogP contribution in [0.25, 0.3) is 0 Å². The van der Waals surface area contributed by atoms with Gasteiger partial charge in [-0.05, 0) is 18.8 Å². The van der Waals surface area contributed by atoms with Crippen molar-refractivity contribution < 1.29 is 19.5 Å². The summed E-state index contributed by atoms with van der Waals surface area (Å²) < 4.78 is 0. The van der Waals surface area contributed by atoms with E-state index in [1.807, 2.05) is 0 Å². The van der Waals surface area contributed by atoms with Gasteiger partial charge in [-0.25, -0.2) is 0 Å². The first kappa shape index (κ1) is 15.2. The van der Waals surface area contributed by atoms with Crippen LogP contribution in [0.2, 0.25) is 0 Å². The van der Waals surface area contributed by atoms with Crippen molar-refractivity contribution in [3.8, 4) is 0 Å². The molecule has 106 valence electrons. The van der Waals surface area contributed by atoms with E-state index in [1.54, 1.807) is 26.0 Å². The van der Waals surface area contributed by atoms with Gasteiger partial charge >= 0.3 is 5.97 Å². The second-order valence-corrected chi connectivity index (χ2v) is 5.13. The zero-order valence-electron chi connectivity index (χ0n) is 11.1. The summed E-state index contributed by atoms with van der Waals surface area (Å²) >= 11 is 0. The quantitative estimate of drug-likeness (QED) is 0.622. The van der Waals surface area contributed by atoms with Gasteiger partial charge in [0.1, 0.15) is 6.04 Å². The van der Waals surface area contributed by atoms with Crippen molar-refractivity contribution in [3.63, 3.8) is 0 Å². The van der Waals surface area contributed by atoms with Crippen LogP contribution in [-0.2, 0) is 14.4 Å². The third kappa shape index (κ3) is 3.81. The average Bonchev–Trinajstić information content (AvgIpc) is 2.34. The Morgan fingerprint density at radius 1 is 1.21 bits per heavy atom.